The number of carbonyl (C=O) groups excluding carboxylic acids is 1. The van der Waals surface area contributed by atoms with Crippen LogP contribution in [0.2, 0.25) is 0 Å². The monoisotopic (exact) mass is 521 g/mol. The van der Waals surface area contributed by atoms with E-state index in [1.807, 2.05) is 30.6 Å². The molecule has 0 spiro atoms. The van der Waals surface area contributed by atoms with Crippen LogP contribution in [0.4, 0.5) is 0 Å². The summed E-state index contributed by atoms with van der Waals surface area (Å²) in [5.74, 6) is 0.855. The lowest BCUT2D eigenvalue weighted by molar-refractivity contribution is -0.121. The van der Waals surface area contributed by atoms with Gasteiger partial charge in [0.1, 0.15) is 5.78 Å². The molecule has 204 valence electrons. The van der Waals surface area contributed by atoms with E-state index in [4.69, 9.17) is 9.47 Å². The molecule has 1 saturated carbocycles. The van der Waals surface area contributed by atoms with Crippen molar-refractivity contribution >= 4 is 5.78 Å². The maximum atomic E-state index is 12.8. The van der Waals surface area contributed by atoms with Gasteiger partial charge in [0.2, 0.25) is 0 Å². The molecule has 0 saturated heterocycles. The lowest BCUT2D eigenvalue weighted by Crippen LogP contribution is -2.27. The van der Waals surface area contributed by atoms with Crippen LogP contribution in [0.5, 0.6) is 23.0 Å². The Morgan fingerprint density at radius 2 is 1.63 bits per heavy atom. The number of aliphatic hydroxyl groups is 1. The fourth-order valence-corrected chi connectivity index (χ4v) is 5.24. The number of methoxy groups -OCH3 is 1. The SMILES string of the molecule is COc1cc(CCC(=O)CC(O)C(Cc2cc[nH]c2)Cc2ccc(O)c(OC3CCCCC3)c2)ccc1O. The van der Waals surface area contributed by atoms with Crippen molar-refractivity contribution in [1.82, 2.24) is 4.98 Å². The van der Waals surface area contributed by atoms with Crippen LogP contribution < -0.4 is 9.47 Å². The number of hydrogen-bond donors (Lipinski definition) is 4. The maximum Gasteiger partial charge on any atom is 0.161 e. The first-order valence-corrected chi connectivity index (χ1v) is 13.6. The van der Waals surface area contributed by atoms with E-state index in [1.165, 1.54) is 13.5 Å². The third-order valence-corrected chi connectivity index (χ3v) is 7.45. The highest BCUT2D eigenvalue weighted by molar-refractivity contribution is 5.79. The predicted octanol–water partition coefficient (Wildman–Crippen LogP) is 5.50. The molecule has 1 heterocycles. The average molecular weight is 522 g/mol. The minimum Gasteiger partial charge on any atom is -0.504 e. The molecule has 1 aromatic heterocycles. The van der Waals surface area contributed by atoms with E-state index in [0.717, 1.165) is 42.4 Å². The van der Waals surface area contributed by atoms with Gasteiger partial charge in [-0.15, -0.1) is 0 Å². The second-order valence-corrected chi connectivity index (χ2v) is 10.4. The van der Waals surface area contributed by atoms with Gasteiger partial charge in [0.05, 0.1) is 19.3 Å². The van der Waals surface area contributed by atoms with Gasteiger partial charge in [0.25, 0.3) is 0 Å². The Kier molecular flexibility index (Phi) is 9.71. The highest BCUT2D eigenvalue weighted by Gasteiger charge is 2.24. The Balaban J connectivity index is 1.40. The van der Waals surface area contributed by atoms with Crippen LogP contribution in [0.1, 0.15) is 61.6 Å². The molecule has 38 heavy (non-hydrogen) atoms. The number of hydrogen-bond acceptors (Lipinski definition) is 6. The molecular formula is C31H39NO6. The Bertz CT molecular complexity index is 1170. The van der Waals surface area contributed by atoms with Gasteiger partial charge in [-0.25, -0.2) is 0 Å². The highest BCUT2D eigenvalue weighted by Crippen LogP contribution is 2.33. The number of Topliss-reactive ketones (excluding diaryl/α,β-unsaturated/α-hetero) is 1. The maximum absolute atomic E-state index is 12.8. The minimum absolute atomic E-state index is 0.0179. The summed E-state index contributed by atoms with van der Waals surface area (Å²) in [5.41, 5.74) is 2.91. The van der Waals surface area contributed by atoms with Crippen molar-refractivity contribution in [1.29, 1.82) is 0 Å². The number of aromatic hydroxyl groups is 2. The summed E-state index contributed by atoms with van der Waals surface area (Å²) in [5, 5.41) is 31.4. The largest absolute Gasteiger partial charge is 0.504 e. The molecule has 7 heteroatoms. The number of benzene rings is 2. The molecule has 0 radical (unpaired) electrons. The zero-order valence-electron chi connectivity index (χ0n) is 22.1. The van der Waals surface area contributed by atoms with Gasteiger partial charge in [-0.1, -0.05) is 18.6 Å². The van der Waals surface area contributed by atoms with E-state index in [2.05, 4.69) is 4.98 Å². The summed E-state index contributed by atoms with van der Waals surface area (Å²) in [6, 6.07) is 12.4. The fraction of sp³-hybridized carbons (Fsp3) is 0.452. The van der Waals surface area contributed by atoms with Gasteiger partial charge in [-0.3, -0.25) is 4.79 Å². The van der Waals surface area contributed by atoms with Gasteiger partial charge < -0.3 is 29.8 Å². The summed E-state index contributed by atoms with van der Waals surface area (Å²) in [6.07, 6.45) is 10.6. The van der Waals surface area contributed by atoms with Gasteiger partial charge in [0.15, 0.2) is 23.0 Å². The Morgan fingerprint density at radius 3 is 2.34 bits per heavy atom. The van der Waals surface area contributed by atoms with Crippen molar-refractivity contribution in [2.45, 2.75) is 76.4 Å². The predicted molar refractivity (Wildman–Crippen MR) is 146 cm³/mol. The number of rotatable bonds is 13. The molecule has 1 fully saturated rings. The molecule has 7 nitrogen and oxygen atoms in total. The quantitative estimate of drug-likeness (QED) is 0.236. The molecule has 1 aliphatic carbocycles. The van der Waals surface area contributed by atoms with Gasteiger partial charge in [-0.05, 0) is 97.9 Å². The lowest BCUT2D eigenvalue weighted by Gasteiger charge is -2.25. The number of nitrogens with one attached hydrogen (secondary N) is 1. The van der Waals surface area contributed by atoms with E-state index in [0.29, 0.717) is 37.2 Å². The molecule has 0 bridgehead atoms. The van der Waals surface area contributed by atoms with Gasteiger partial charge >= 0.3 is 0 Å². The summed E-state index contributed by atoms with van der Waals surface area (Å²) >= 11 is 0. The summed E-state index contributed by atoms with van der Waals surface area (Å²) in [6.45, 7) is 0. The zero-order valence-corrected chi connectivity index (χ0v) is 22.1. The molecule has 4 rings (SSSR count). The molecule has 3 aromatic rings. The molecule has 0 aliphatic heterocycles. The standard InChI is InChI=1S/C31H39NO6/c1-37-30-17-21(8-11-27(30)34)7-10-25(33)19-29(36)24(16-23-13-14-32-20-23)15-22-9-12-28(35)31(18-22)38-26-5-3-2-4-6-26/h8-9,11-14,17-18,20,24,26,29,32,34-36H,2-7,10,15-16,19H2,1H3. The van der Waals surface area contributed by atoms with Gasteiger partial charge in [0, 0.05) is 25.2 Å². The van der Waals surface area contributed by atoms with E-state index in [9.17, 15) is 20.1 Å². The van der Waals surface area contributed by atoms with Crippen LogP contribution >= 0.6 is 0 Å². The fourth-order valence-electron chi connectivity index (χ4n) is 5.24. The van der Waals surface area contributed by atoms with Crippen molar-refractivity contribution in [2.24, 2.45) is 5.92 Å². The summed E-state index contributed by atoms with van der Waals surface area (Å²) in [4.78, 5) is 15.9. The first-order chi connectivity index (χ1) is 18.4. The highest BCUT2D eigenvalue weighted by atomic mass is 16.5. The second kappa shape index (κ2) is 13.4. The molecule has 0 amide bonds. The van der Waals surface area contributed by atoms with Gasteiger partial charge in [-0.2, -0.15) is 0 Å². The van der Waals surface area contributed by atoms with Crippen LogP contribution in [-0.2, 0) is 24.1 Å². The Labute approximate surface area is 224 Å². The van der Waals surface area contributed by atoms with E-state index < -0.39 is 6.10 Å². The topological polar surface area (TPSA) is 112 Å². The first kappa shape index (κ1) is 27.6. The molecule has 4 N–H and O–H groups in total. The van der Waals surface area contributed by atoms with Crippen LogP contribution in [0.15, 0.2) is 54.9 Å². The third kappa shape index (κ3) is 7.78. The molecular weight excluding hydrogens is 482 g/mol. The molecule has 2 unspecified atom stereocenters. The Morgan fingerprint density at radius 1 is 0.947 bits per heavy atom. The van der Waals surface area contributed by atoms with Crippen LogP contribution in [-0.4, -0.2) is 45.4 Å². The van der Waals surface area contributed by atoms with Crippen molar-refractivity contribution in [3.8, 4) is 23.0 Å². The van der Waals surface area contributed by atoms with Crippen LogP contribution in [0, 0.1) is 5.92 Å². The van der Waals surface area contributed by atoms with Crippen molar-refractivity contribution in [3.05, 3.63) is 71.5 Å². The number of aliphatic hydroxyl groups excluding tert-OH is 1. The number of aromatic amines is 1. The van der Waals surface area contributed by atoms with E-state index in [-0.39, 0.29) is 35.7 Å². The number of ether oxygens (including phenoxy) is 2. The van der Waals surface area contributed by atoms with Crippen LogP contribution in [0.25, 0.3) is 0 Å². The molecule has 1 aliphatic rings. The summed E-state index contributed by atoms with van der Waals surface area (Å²) < 4.78 is 11.3. The normalized spacial score (nSPS) is 15.6. The van der Waals surface area contributed by atoms with E-state index in [1.54, 1.807) is 24.3 Å². The average Bonchev–Trinajstić information content (AvgIpc) is 3.43. The lowest BCUT2D eigenvalue weighted by atomic mass is 9.86. The van der Waals surface area contributed by atoms with Crippen LogP contribution in [0.3, 0.4) is 0 Å². The number of carbonyl (C=O) groups is 1. The Hall–Kier alpha value is -3.45. The number of aryl methyl sites for hydroxylation is 1. The van der Waals surface area contributed by atoms with Crippen molar-refractivity contribution in [2.75, 3.05) is 7.11 Å². The molecule has 2 atom stereocenters. The van der Waals surface area contributed by atoms with E-state index >= 15 is 0 Å². The van der Waals surface area contributed by atoms with Crippen molar-refractivity contribution in [3.63, 3.8) is 0 Å². The minimum atomic E-state index is -0.816. The number of phenols is 2. The second-order valence-electron chi connectivity index (χ2n) is 10.4. The number of phenolic OH excluding ortho intramolecular Hbond substituents is 2. The number of ketones is 1. The number of aromatic nitrogens is 1. The smallest absolute Gasteiger partial charge is 0.161 e. The number of H-pyrrole nitrogens is 1. The van der Waals surface area contributed by atoms with Crippen molar-refractivity contribution < 1.29 is 29.6 Å². The first-order valence-electron chi connectivity index (χ1n) is 13.6. The zero-order chi connectivity index (χ0) is 26.9. The summed E-state index contributed by atoms with van der Waals surface area (Å²) in [7, 11) is 1.49. The third-order valence-electron chi connectivity index (χ3n) is 7.45. The molecule has 2 aromatic carbocycles.